The molecule has 1 N–H and O–H groups in total. The fourth-order valence-corrected chi connectivity index (χ4v) is 5.91. The van der Waals surface area contributed by atoms with Crippen molar-refractivity contribution in [1.29, 1.82) is 0 Å². The summed E-state index contributed by atoms with van der Waals surface area (Å²) in [5.74, 6) is 0. The number of nitrogens with zero attached hydrogens (tertiary/aromatic N) is 2. The molecular weight excluding hydrogens is 440 g/mol. The number of halogens is 1. The maximum Gasteiger partial charge on any atom is 0.409 e. The topological polar surface area (TPSA) is 87.2 Å². The summed E-state index contributed by atoms with van der Waals surface area (Å²) < 4.78 is 34.0. The molecule has 2 aromatic carbocycles. The third-order valence-corrected chi connectivity index (χ3v) is 7.93. The number of aliphatic hydroxyl groups excluding tert-OH is 1. The number of hydrogen-bond acceptors (Lipinski definition) is 5. The molecule has 0 aliphatic carbocycles. The number of fused-ring (bicyclic) bond motifs is 1. The van der Waals surface area contributed by atoms with Crippen LogP contribution in [0.15, 0.2) is 53.4 Å². The number of carbonyl (C=O) groups excluding carboxylic acids is 1. The van der Waals surface area contributed by atoms with Gasteiger partial charge >= 0.3 is 6.09 Å². The Kier molecular flexibility index (Phi) is 6.41. The van der Waals surface area contributed by atoms with Gasteiger partial charge in [0.1, 0.15) is 6.61 Å². The van der Waals surface area contributed by atoms with Crippen LogP contribution in [0.25, 0.3) is 0 Å². The van der Waals surface area contributed by atoms with Crippen molar-refractivity contribution >= 4 is 33.4 Å². The molecule has 0 bridgehead atoms. The van der Waals surface area contributed by atoms with Crippen molar-refractivity contribution in [2.45, 2.75) is 42.7 Å². The Morgan fingerprint density at radius 2 is 1.74 bits per heavy atom. The lowest BCUT2D eigenvalue weighted by Gasteiger charge is -2.38. The highest BCUT2D eigenvalue weighted by molar-refractivity contribution is 7.92. The second kappa shape index (κ2) is 9.06. The van der Waals surface area contributed by atoms with Gasteiger partial charge in [0.05, 0.1) is 22.7 Å². The first-order chi connectivity index (χ1) is 14.9. The summed E-state index contributed by atoms with van der Waals surface area (Å²) in [5, 5.41) is 10.1. The van der Waals surface area contributed by atoms with Crippen LogP contribution >= 0.6 is 11.6 Å². The molecule has 0 spiro atoms. The van der Waals surface area contributed by atoms with Gasteiger partial charge in [-0.05, 0) is 61.6 Å². The minimum Gasteiger partial charge on any atom is -0.447 e. The van der Waals surface area contributed by atoms with E-state index in [9.17, 15) is 18.3 Å². The normalized spacial score (nSPS) is 19.7. The maximum absolute atomic E-state index is 13.6. The number of benzene rings is 2. The second-order valence-electron chi connectivity index (χ2n) is 7.87. The monoisotopic (exact) mass is 464 g/mol. The molecule has 1 unspecified atom stereocenters. The van der Waals surface area contributed by atoms with Gasteiger partial charge in [0.25, 0.3) is 10.0 Å². The van der Waals surface area contributed by atoms with Gasteiger partial charge in [-0.2, -0.15) is 0 Å². The number of aliphatic hydroxyl groups is 1. The zero-order valence-corrected chi connectivity index (χ0v) is 18.6. The van der Waals surface area contributed by atoms with Gasteiger partial charge in [-0.3, -0.25) is 4.31 Å². The molecule has 31 heavy (non-hydrogen) atoms. The lowest BCUT2D eigenvalue weighted by Crippen LogP contribution is -2.48. The van der Waals surface area contributed by atoms with Gasteiger partial charge in [-0.15, -0.1) is 0 Å². The molecule has 2 aliphatic heterocycles. The van der Waals surface area contributed by atoms with Crippen LogP contribution in [0.1, 0.15) is 24.8 Å². The van der Waals surface area contributed by atoms with Crippen LogP contribution in [0.2, 0.25) is 5.02 Å². The average molecular weight is 465 g/mol. The van der Waals surface area contributed by atoms with E-state index < -0.39 is 22.2 Å². The van der Waals surface area contributed by atoms with E-state index in [1.54, 1.807) is 29.2 Å². The highest BCUT2D eigenvalue weighted by atomic mass is 35.5. The van der Waals surface area contributed by atoms with E-state index >= 15 is 0 Å². The molecule has 7 nitrogen and oxygen atoms in total. The highest BCUT2D eigenvalue weighted by Gasteiger charge is 2.37. The minimum atomic E-state index is -3.88. The molecule has 2 aliphatic rings. The predicted molar refractivity (Wildman–Crippen MR) is 118 cm³/mol. The van der Waals surface area contributed by atoms with Gasteiger partial charge in [0.2, 0.25) is 0 Å². The number of ether oxygens (including phenoxy) is 1. The average Bonchev–Trinajstić information content (AvgIpc) is 2.77. The van der Waals surface area contributed by atoms with Crippen LogP contribution in [0.5, 0.6) is 0 Å². The molecule has 2 heterocycles. The largest absolute Gasteiger partial charge is 0.447 e. The molecule has 1 fully saturated rings. The maximum atomic E-state index is 13.6. The predicted octanol–water partition coefficient (Wildman–Crippen LogP) is 3.44. The van der Waals surface area contributed by atoms with Crippen molar-refractivity contribution in [2.75, 3.05) is 24.0 Å². The number of aryl methyl sites for hydroxylation is 1. The van der Waals surface area contributed by atoms with E-state index in [1.165, 1.54) is 16.4 Å². The fourth-order valence-electron chi connectivity index (χ4n) is 4.08. The van der Waals surface area contributed by atoms with E-state index in [0.29, 0.717) is 49.5 Å². The first-order valence-corrected chi connectivity index (χ1v) is 12.2. The summed E-state index contributed by atoms with van der Waals surface area (Å²) in [6.07, 6.45) is 1.40. The first kappa shape index (κ1) is 21.9. The minimum absolute atomic E-state index is 0.0426. The Morgan fingerprint density at radius 3 is 2.45 bits per heavy atom. The van der Waals surface area contributed by atoms with Gasteiger partial charge in [0.15, 0.2) is 0 Å². The number of sulfonamides is 1. The Hall–Kier alpha value is -2.29. The van der Waals surface area contributed by atoms with E-state index in [2.05, 4.69) is 0 Å². The second-order valence-corrected chi connectivity index (χ2v) is 10.1. The summed E-state index contributed by atoms with van der Waals surface area (Å²) in [5.41, 5.74) is 1.54. The van der Waals surface area contributed by atoms with E-state index in [1.807, 2.05) is 12.1 Å². The quantitative estimate of drug-likeness (QED) is 0.748. The van der Waals surface area contributed by atoms with Crippen molar-refractivity contribution < 1.29 is 23.1 Å². The number of piperidine rings is 1. The Balaban J connectivity index is 1.58. The molecule has 166 valence electrons. The number of hydrogen-bond donors (Lipinski definition) is 1. The number of amides is 1. The smallest absolute Gasteiger partial charge is 0.409 e. The SMILES string of the molecule is O=C(OCC1CCc2ccccc2N1S(=O)(=O)c1ccc(Cl)cc1)N1CCC(O)CC1. The molecule has 0 aromatic heterocycles. The van der Waals surface area contributed by atoms with Crippen molar-refractivity contribution in [2.24, 2.45) is 0 Å². The van der Waals surface area contributed by atoms with E-state index in [0.717, 1.165) is 5.56 Å². The summed E-state index contributed by atoms with van der Waals surface area (Å²) in [6, 6.07) is 12.9. The highest BCUT2D eigenvalue weighted by Crippen LogP contribution is 2.35. The number of para-hydroxylation sites is 1. The number of likely N-dealkylation sites (tertiary alicyclic amines) is 1. The molecule has 0 radical (unpaired) electrons. The molecule has 4 rings (SSSR count). The first-order valence-electron chi connectivity index (χ1n) is 10.3. The van der Waals surface area contributed by atoms with Crippen molar-refractivity contribution in [1.82, 2.24) is 4.90 Å². The molecule has 0 saturated carbocycles. The van der Waals surface area contributed by atoms with Crippen LogP contribution in [-0.2, 0) is 21.2 Å². The van der Waals surface area contributed by atoms with Gasteiger partial charge in [-0.1, -0.05) is 29.8 Å². The third-order valence-electron chi connectivity index (χ3n) is 5.80. The molecule has 2 aromatic rings. The zero-order valence-electron chi connectivity index (χ0n) is 17.0. The summed E-state index contributed by atoms with van der Waals surface area (Å²) in [6.45, 7) is 0.819. The van der Waals surface area contributed by atoms with Gasteiger partial charge in [-0.25, -0.2) is 13.2 Å². The van der Waals surface area contributed by atoms with Crippen LogP contribution in [0, 0.1) is 0 Å². The Labute approximate surface area is 187 Å². The van der Waals surface area contributed by atoms with Crippen LogP contribution in [0.4, 0.5) is 10.5 Å². The van der Waals surface area contributed by atoms with Crippen LogP contribution in [-0.4, -0.2) is 56.4 Å². The summed E-state index contributed by atoms with van der Waals surface area (Å²) in [4.78, 5) is 14.2. The number of anilines is 1. The lowest BCUT2D eigenvalue weighted by molar-refractivity contribution is 0.0565. The van der Waals surface area contributed by atoms with Crippen molar-refractivity contribution in [3.8, 4) is 0 Å². The Bertz CT molecular complexity index is 1040. The third kappa shape index (κ3) is 4.66. The molecule has 1 saturated heterocycles. The standard InChI is InChI=1S/C22H25ClN2O5S/c23-17-6-9-20(10-7-17)31(28,29)25-18(8-5-16-3-1-2-4-21(16)25)15-30-22(27)24-13-11-19(26)12-14-24/h1-4,6-7,9-10,18-19,26H,5,8,11-15H2. The molecule has 9 heteroatoms. The molecule has 1 atom stereocenters. The van der Waals surface area contributed by atoms with Crippen LogP contribution in [0.3, 0.4) is 0 Å². The van der Waals surface area contributed by atoms with Gasteiger partial charge < -0.3 is 14.7 Å². The summed E-state index contributed by atoms with van der Waals surface area (Å²) >= 11 is 5.94. The van der Waals surface area contributed by atoms with E-state index in [-0.39, 0.29) is 17.6 Å². The summed E-state index contributed by atoms with van der Waals surface area (Å²) in [7, 11) is -3.88. The van der Waals surface area contributed by atoms with Crippen LogP contribution < -0.4 is 4.31 Å². The number of carbonyl (C=O) groups is 1. The molecular formula is C22H25ClN2O5S. The molecule has 1 amide bonds. The zero-order chi connectivity index (χ0) is 22.0. The van der Waals surface area contributed by atoms with Gasteiger partial charge in [0, 0.05) is 18.1 Å². The Morgan fingerprint density at radius 1 is 1.06 bits per heavy atom. The lowest BCUT2D eigenvalue weighted by atomic mass is 9.98. The fraction of sp³-hybridized carbons (Fsp3) is 0.409. The van der Waals surface area contributed by atoms with Crippen molar-refractivity contribution in [3.05, 3.63) is 59.1 Å². The van der Waals surface area contributed by atoms with Crippen molar-refractivity contribution in [3.63, 3.8) is 0 Å². The van der Waals surface area contributed by atoms with E-state index in [4.69, 9.17) is 16.3 Å². The number of rotatable bonds is 4.